The third-order valence-electron chi connectivity index (χ3n) is 5.76. The van der Waals surface area contributed by atoms with E-state index in [4.69, 9.17) is 9.47 Å². The van der Waals surface area contributed by atoms with E-state index in [1.165, 1.54) is 12.8 Å². The molecule has 0 aliphatic carbocycles. The molecule has 2 heterocycles. The first-order chi connectivity index (χ1) is 13.2. The zero-order chi connectivity index (χ0) is 18.6. The maximum atomic E-state index is 12.9. The van der Waals surface area contributed by atoms with Gasteiger partial charge in [-0.3, -0.25) is 4.79 Å². The number of ether oxygens (including phenoxy) is 2. The molecule has 2 aromatic rings. The summed E-state index contributed by atoms with van der Waals surface area (Å²) < 4.78 is 11.2. The standard InChI is InChI=1S/C22H28N2O3/c1-26-21-9-8-20(18-6-2-3-7-19(18)21)22(25)23-16-10-12-24(13-11-16)15-17-5-4-14-27-17/h2-3,6-9,16-17H,4-5,10-15H2,1H3,(H,23,25)/t17-/m1/s1. The van der Waals surface area contributed by atoms with Crippen molar-refractivity contribution in [2.24, 2.45) is 0 Å². The molecule has 1 N–H and O–H groups in total. The normalized spacial score (nSPS) is 21.4. The summed E-state index contributed by atoms with van der Waals surface area (Å²) in [6.07, 6.45) is 4.76. The van der Waals surface area contributed by atoms with Crippen molar-refractivity contribution >= 4 is 16.7 Å². The Hall–Kier alpha value is -2.11. The van der Waals surface area contributed by atoms with Crippen molar-refractivity contribution in [1.29, 1.82) is 0 Å². The predicted molar refractivity (Wildman–Crippen MR) is 106 cm³/mol. The van der Waals surface area contributed by atoms with Crippen LogP contribution in [0.1, 0.15) is 36.0 Å². The number of piperidine rings is 1. The minimum absolute atomic E-state index is 0.00595. The lowest BCUT2D eigenvalue weighted by Crippen LogP contribution is -2.46. The minimum Gasteiger partial charge on any atom is -0.496 e. The van der Waals surface area contributed by atoms with Crippen LogP contribution in [0.15, 0.2) is 36.4 Å². The van der Waals surface area contributed by atoms with Crippen LogP contribution in [-0.2, 0) is 4.74 Å². The predicted octanol–water partition coefficient (Wildman–Crippen LogP) is 3.22. The highest BCUT2D eigenvalue weighted by Gasteiger charge is 2.25. The van der Waals surface area contributed by atoms with Crippen LogP contribution in [0, 0.1) is 0 Å². The summed E-state index contributed by atoms with van der Waals surface area (Å²) in [7, 11) is 1.66. The lowest BCUT2D eigenvalue weighted by Gasteiger charge is -2.33. The van der Waals surface area contributed by atoms with Gasteiger partial charge in [-0.15, -0.1) is 0 Å². The number of hydrogen-bond acceptors (Lipinski definition) is 4. The Labute approximate surface area is 160 Å². The highest BCUT2D eigenvalue weighted by Crippen LogP contribution is 2.28. The fourth-order valence-electron chi connectivity index (χ4n) is 4.25. The third-order valence-corrected chi connectivity index (χ3v) is 5.76. The van der Waals surface area contributed by atoms with Crippen molar-refractivity contribution in [1.82, 2.24) is 10.2 Å². The summed E-state index contributed by atoms with van der Waals surface area (Å²) in [6.45, 7) is 3.99. The quantitative estimate of drug-likeness (QED) is 0.880. The smallest absolute Gasteiger partial charge is 0.252 e. The summed E-state index contributed by atoms with van der Waals surface area (Å²) >= 11 is 0. The molecule has 0 unspecified atom stereocenters. The highest BCUT2D eigenvalue weighted by atomic mass is 16.5. The number of nitrogens with one attached hydrogen (secondary N) is 1. The SMILES string of the molecule is COc1ccc(C(=O)NC2CCN(C[C@H]3CCCO3)CC2)c2ccccc12. The number of carbonyl (C=O) groups excluding carboxylic acids is 1. The van der Waals surface area contributed by atoms with Gasteiger partial charge in [-0.2, -0.15) is 0 Å². The molecule has 2 aliphatic heterocycles. The first kappa shape index (κ1) is 18.3. The van der Waals surface area contributed by atoms with E-state index in [2.05, 4.69) is 10.2 Å². The molecule has 5 nitrogen and oxygen atoms in total. The van der Waals surface area contributed by atoms with E-state index in [1.807, 2.05) is 36.4 Å². The Morgan fingerprint density at radius 2 is 1.93 bits per heavy atom. The molecule has 2 fully saturated rings. The number of fused-ring (bicyclic) bond motifs is 1. The number of likely N-dealkylation sites (tertiary alicyclic amines) is 1. The Bertz CT molecular complexity index is 793. The van der Waals surface area contributed by atoms with Gasteiger partial charge in [-0.25, -0.2) is 0 Å². The largest absolute Gasteiger partial charge is 0.496 e. The van der Waals surface area contributed by atoms with Gasteiger partial charge in [0, 0.05) is 43.2 Å². The van der Waals surface area contributed by atoms with Crippen molar-refractivity contribution in [3.63, 3.8) is 0 Å². The third kappa shape index (κ3) is 4.09. The van der Waals surface area contributed by atoms with Crippen molar-refractivity contribution in [3.8, 4) is 5.75 Å². The number of carbonyl (C=O) groups is 1. The van der Waals surface area contributed by atoms with Crippen LogP contribution in [0.25, 0.3) is 10.8 Å². The molecule has 2 saturated heterocycles. The lowest BCUT2D eigenvalue weighted by molar-refractivity contribution is 0.0613. The van der Waals surface area contributed by atoms with E-state index in [1.54, 1.807) is 7.11 Å². The van der Waals surface area contributed by atoms with E-state index < -0.39 is 0 Å². The number of rotatable bonds is 5. The molecule has 1 atom stereocenters. The van der Waals surface area contributed by atoms with E-state index in [0.717, 1.165) is 55.6 Å². The van der Waals surface area contributed by atoms with E-state index >= 15 is 0 Å². The van der Waals surface area contributed by atoms with Gasteiger partial charge < -0.3 is 19.7 Å². The van der Waals surface area contributed by atoms with Gasteiger partial charge in [-0.05, 0) is 43.2 Å². The molecule has 0 radical (unpaired) electrons. The number of amides is 1. The average Bonchev–Trinajstić information content (AvgIpc) is 3.21. The van der Waals surface area contributed by atoms with Gasteiger partial charge in [0.15, 0.2) is 0 Å². The Balaban J connectivity index is 1.38. The van der Waals surface area contributed by atoms with Crippen LogP contribution in [-0.4, -0.2) is 56.3 Å². The number of hydrogen-bond donors (Lipinski definition) is 1. The summed E-state index contributed by atoms with van der Waals surface area (Å²) in [4.78, 5) is 15.4. The summed E-state index contributed by atoms with van der Waals surface area (Å²) in [6, 6.07) is 11.9. The van der Waals surface area contributed by atoms with Gasteiger partial charge in [-0.1, -0.05) is 24.3 Å². The van der Waals surface area contributed by atoms with Gasteiger partial charge in [0.25, 0.3) is 5.91 Å². The van der Waals surface area contributed by atoms with Crippen LogP contribution in [0.2, 0.25) is 0 Å². The first-order valence-corrected chi connectivity index (χ1v) is 9.95. The van der Waals surface area contributed by atoms with Gasteiger partial charge >= 0.3 is 0 Å². The molecule has 2 aliphatic rings. The molecular formula is C22H28N2O3. The Morgan fingerprint density at radius 3 is 2.63 bits per heavy atom. The topological polar surface area (TPSA) is 50.8 Å². The van der Waals surface area contributed by atoms with Crippen LogP contribution >= 0.6 is 0 Å². The van der Waals surface area contributed by atoms with Crippen molar-refractivity contribution in [3.05, 3.63) is 42.0 Å². The van der Waals surface area contributed by atoms with E-state index in [9.17, 15) is 4.79 Å². The Kier molecular flexibility index (Phi) is 5.60. The van der Waals surface area contributed by atoms with Gasteiger partial charge in [0.1, 0.15) is 5.75 Å². The maximum absolute atomic E-state index is 12.9. The number of nitrogens with zero attached hydrogens (tertiary/aromatic N) is 1. The average molecular weight is 368 g/mol. The second-order valence-corrected chi connectivity index (χ2v) is 7.54. The zero-order valence-corrected chi connectivity index (χ0v) is 15.9. The summed E-state index contributed by atoms with van der Waals surface area (Å²) in [5.41, 5.74) is 0.716. The van der Waals surface area contributed by atoms with Crippen LogP contribution in [0.5, 0.6) is 5.75 Å². The lowest BCUT2D eigenvalue weighted by atomic mass is 10.0. The molecule has 1 amide bonds. The molecule has 0 aromatic heterocycles. The monoisotopic (exact) mass is 368 g/mol. The molecule has 2 aromatic carbocycles. The molecule has 144 valence electrons. The second kappa shape index (κ2) is 8.28. The summed E-state index contributed by atoms with van der Waals surface area (Å²) in [5, 5.41) is 5.15. The van der Waals surface area contributed by atoms with Crippen molar-refractivity contribution < 1.29 is 14.3 Å². The molecule has 0 bridgehead atoms. The fraction of sp³-hybridized carbons (Fsp3) is 0.500. The molecular weight excluding hydrogens is 340 g/mol. The van der Waals surface area contributed by atoms with Gasteiger partial charge in [0.05, 0.1) is 13.2 Å². The molecule has 5 heteroatoms. The minimum atomic E-state index is 0.00595. The molecule has 0 saturated carbocycles. The van der Waals surface area contributed by atoms with Crippen LogP contribution in [0.4, 0.5) is 0 Å². The second-order valence-electron chi connectivity index (χ2n) is 7.54. The van der Waals surface area contributed by atoms with E-state index in [0.29, 0.717) is 11.7 Å². The molecule has 0 spiro atoms. The Morgan fingerprint density at radius 1 is 1.15 bits per heavy atom. The molecule has 27 heavy (non-hydrogen) atoms. The first-order valence-electron chi connectivity index (χ1n) is 9.95. The highest BCUT2D eigenvalue weighted by molar-refractivity contribution is 6.08. The van der Waals surface area contributed by atoms with Crippen molar-refractivity contribution in [2.75, 3.05) is 33.4 Å². The number of benzene rings is 2. The summed E-state index contributed by atoms with van der Waals surface area (Å²) in [5.74, 6) is 0.802. The number of methoxy groups -OCH3 is 1. The van der Waals surface area contributed by atoms with Crippen molar-refractivity contribution in [2.45, 2.75) is 37.8 Å². The fourth-order valence-corrected chi connectivity index (χ4v) is 4.25. The van der Waals surface area contributed by atoms with Crippen LogP contribution < -0.4 is 10.1 Å². The molecule has 4 rings (SSSR count). The van der Waals surface area contributed by atoms with Gasteiger partial charge in [0.2, 0.25) is 0 Å². The van der Waals surface area contributed by atoms with Crippen LogP contribution in [0.3, 0.4) is 0 Å². The van der Waals surface area contributed by atoms with E-state index in [-0.39, 0.29) is 11.9 Å². The maximum Gasteiger partial charge on any atom is 0.252 e. The zero-order valence-electron chi connectivity index (χ0n) is 15.9.